The van der Waals surface area contributed by atoms with E-state index in [1.54, 1.807) is 6.08 Å². The summed E-state index contributed by atoms with van der Waals surface area (Å²) in [5.74, 6) is 1.98. The molecule has 0 spiro atoms. The zero-order valence-electron chi connectivity index (χ0n) is 25.4. The summed E-state index contributed by atoms with van der Waals surface area (Å²) in [6.45, 7) is 25.2. The third kappa shape index (κ3) is 6.79. The normalized spacial score (nSPS) is 13.1. The van der Waals surface area contributed by atoms with Gasteiger partial charge in [-0.3, -0.25) is 0 Å². The third-order valence-electron chi connectivity index (χ3n) is 7.11. The molecule has 1 N–H and O–H groups in total. The number of hydrogen-bond acceptors (Lipinski definition) is 3. The van der Waals surface area contributed by atoms with Gasteiger partial charge in [0.1, 0.15) is 11.5 Å². The molecule has 6 heteroatoms. The van der Waals surface area contributed by atoms with Crippen molar-refractivity contribution in [1.29, 1.82) is 0 Å². The van der Waals surface area contributed by atoms with Gasteiger partial charge in [-0.15, -0.1) is 0 Å². The molecule has 2 aromatic carbocycles. The average molecular weight is 565 g/mol. The van der Waals surface area contributed by atoms with Crippen molar-refractivity contribution < 1.29 is 9.05 Å². The van der Waals surface area contributed by atoms with Crippen molar-refractivity contribution in [1.82, 2.24) is 9.88 Å². The molecule has 0 bridgehead atoms. The molecule has 39 heavy (non-hydrogen) atoms. The molecule has 1 aliphatic carbocycles. The summed E-state index contributed by atoms with van der Waals surface area (Å²) in [5, 5.41) is 3.08. The SMILES string of the molecule is C=C/C=C\NC(C)(C)POc1c(C)c(C)cc2c1-c1c(cc(C)c(C)c1OPC(C)(C)n1cccc1)C2.CC. The predicted octanol–water partition coefficient (Wildman–Crippen LogP) is 9.68. The number of rotatable bonds is 10. The summed E-state index contributed by atoms with van der Waals surface area (Å²) in [6, 6.07) is 8.80. The molecule has 4 rings (SSSR count). The van der Waals surface area contributed by atoms with Crippen LogP contribution in [0.2, 0.25) is 0 Å². The van der Waals surface area contributed by atoms with Gasteiger partial charge in [0.05, 0.1) is 28.2 Å². The second-order valence-corrected chi connectivity index (χ2v) is 14.3. The van der Waals surface area contributed by atoms with Crippen LogP contribution in [0.25, 0.3) is 11.1 Å². The first kappa shape index (κ1) is 31.0. The van der Waals surface area contributed by atoms with Gasteiger partial charge in [0.2, 0.25) is 0 Å². The molecular formula is C33H46N2O2P2. The minimum atomic E-state index is -0.214. The van der Waals surface area contributed by atoms with E-state index in [0.717, 1.165) is 17.9 Å². The number of benzene rings is 2. The number of nitrogens with zero attached hydrogens (tertiary/aromatic N) is 1. The molecule has 1 aliphatic rings. The van der Waals surface area contributed by atoms with Gasteiger partial charge in [-0.1, -0.05) is 38.6 Å². The van der Waals surface area contributed by atoms with E-state index in [-0.39, 0.29) is 28.2 Å². The van der Waals surface area contributed by atoms with Crippen LogP contribution in [0.4, 0.5) is 0 Å². The lowest BCUT2D eigenvalue weighted by Crippen LogP contribution is -2.30. The fraction of sp³-hybridized carbons (Fsp3) is 0.394. The number of aryl methyl sites for hydroxylation is 2. The summed E-state index contributed by atoms with van der Waals surface area (Å²) < 4.78 is 15.7. The van der Waals surface area contributed by atoms with Crippen LogP contribution in [0.1, 0.15) is 74.9 Å². The molecule has 0 fully saturated rings. The largest absolute Gasteiger partial charge is 0.474 e. The van der Waals surface area contributed by atoms with E-state index < -0.39 is 0 Å². The van der Waals surface area contributed by atoms with Crippen LogP contribution < -0.4 is 14.4 Å². The molecule has 0 saturated carbocycles. The summed E-state index contributed by atoms with van der Waals surface area (Å²) in [7, 11) is 0.496. The van der Waals surface area contributed by atoms with Crippen molar-refractivity contribution in [2.45, 2.75) is 86.2 Å². The zero-order chi connectivity index (χ0) is 29.0. The smallest absolute Gasteiger partial charge is 0.134 e. The maximum Gasteiger partial charge on any atom is 0.134 e. The Morgan fingerprint density at radius 3 is 1.82 bits per heavy atom. The average Bonchev–Trinajstić information content (AvgIpc) is 3.55. The van der Waals surface area contributed by atoms with Crippen molar-refractivity contribution in [2.24, 2.45) is 0 Å². The highest BCUT2D eigenvalue weighted by atomic mass is 31.1. The molecule has 0 amide bonds. The van der Waals surface area contributed by atoms with E-state index in [4.69, 9.17) is 9.05 Å². The van der Waals surface area contributed by atoms with Crippen LogP contribution in [-0.2, 0) is 11.7 Å². The lowest BCUT2D eigenvalue weighted by molar-refractivity contribution is 0.485. The maximum absolute atomic E-state index is 6.76. The van der Waals surface area contributed by atoms with E-state index >= 15 is 0 Å². The minimum Gasteiger partial charge on any atom is -0.474 e. The fourth-order valence-corrected chi connectivity index (χ4v) is 6.28. The maximum atomic E-state index is 6.76. The van der Waals surface area contributed by atoms with E-state index in [9.17, 15) is 0 Å². The number of allylic oxidation sites excluding steroid dienone is 2. The van der Waals surface area contributed by atoms with Crippen molar-refractivity contribution in [3.8, 4) is 22.6 Å². The molecule has 210 valence electrons. The Balaban J connectivity index is 0.00000205. The Kier molecular flexibility index (Phi) is 10.1. The van der Waals surface area contributed by atoms with Crippen LogP contribution in [0.3, 0.4) is 0 Å². The Hall–Kier alpha value is -2.54. The molecule has 0 saturated heterocycles. The van der Waals surface area contributed by atoms with Crippen molar-refractivity contribution >= 4 is 17.6 Å². The Morgan fingerprint density at radius 1 is 0.846 bits per heavy atom. The van der Waals surface area contributed by atoms with Gasteiger partial charge in [-0.05, 0) is 120 Å². The highest BCUT2D eigenvalue weighted by Gasteiger charge is 2.32. The van der Waals surface area contributed by atoms with E-state index in [2.05, 4.69) is 109 Å². The van der Waals surface area contributed by atoms with Gasteiger partial charge < -0.3 is 18.9 Å². The summed E-state index contributed by atoms with van der Waals surface area (Å²) >= 11 is 0. The van der Waals surface area contributed by atoms with Gasteiger partial charge in [-0.25, -0.2) is 0 Å². The standard InChI is InChI=1S/C31H40N2O2P2.C2H6/c1-10-11-14-32-30(6,7)36-34-28-22(4)20(2)17-24-19-25-18-21(3)23(5)29(27(25)26(24)28)35-37-31(8,9)33-15-12-13-16-33;1-2/h10-18,32,36-37H,1,19H2,2-9H3;1-2H3/b14-11-;. The van der Waals surface area contributed by atoms with Crippen LogP contribution in [0.5, 0.6) is 11.5 Å². The quantitative estimate of drug-likeness (QED) is 0.154. The molecule has 4 nitrogen and oxygen atoms in total. The number of nitrogens with one attached hydrogen (secondary N) is 1. The Labute approximate surface area is 240 Å². The molecule has 2 atom stereocenters. The molecule has 2 unspecified atom stereocenters. The van der Waals surface area contributed by atoms with Crippen LogP contribution >= 0.6 is 17.6 Å². The Bertz CT molecular complexity index is 1340. The molecule has 1 aromatic heterocycles. The third-order valence-corrected chi connectivity index (χ3v) is 9.14. The van der Waals surface area contributed by atoms with Gasteiger partial charge in [-0.2, -0.15) is 0 Å². The van der Waals surface area contributed by atoms with Crippen LogP contribution in [0.15, 0.2) is 61.6 Å². The van der Waals surface area contributed by atoms with Crippen LogP contribution in [-0.4, -0.2) is 9.85 Å². The van der Waals surface area contributed by atoms with E-state index in [1.807, 2.05) is 26.1 Å². The fourth-order valence-electron chi connectivity index (χ4n) is 4.66. The van der Waals surface area contributed by atoms with Crippen LogP contribution in [0, 0.1) is 27.7 Å². The topological polar surface area (TPSA) is 35.4 Å². The van der Waals surface area contributed by atoms with Gasteiger partial charge >= 0.3 is 0 Å². The molecule has 1 heterocycles. The first-order valence-corrected chi connectivity index (χ1v) is 15.6. The predicted molar refractivity (Wildman–Crippen MR) is 173 cm³/mol. The first-order valence-electron chi connectivity index (χ1n) is 13.8. The van der Waals surface area contributed by atoms with E-state index in [0.29, 0.717) is 0 Å². The monoisotopic (exact) mass is 564 g/mol. The lowest BCUT2D eigenvalue weighted by atomic mass is 9.95. The minimum absolute atomic E-state index is 0.146. The molecular weight excluding hydrogens is 518 g/mol. The second-order valence-electron chi connectivity index (χ2n) is 11.0. The number of fused-ring (bicyclic) bond motifs is 3. The Morgan fingerprint density at radius 2 is 1.33 bits per heavy atom. The highest BCUT2D eigenvalue weighted by molar-refractivity contribution is 7.34. The first-order chi connectivity index (χ1) is 18.4. The van der Waals surface area contributed by atoms with Crippen molar-refractivity contribution in [3.63, 3.8) is 0 Å². The van der Waals surface area contributed by atoms with Gasteiger partial charge in [0, 0.05) is 23.5 Å². The lowest BCUT2D eigenvalue weighted by Gasteiger charge is -2.29. The summed E-state index contributed by atoms with van der Waals surface area (Å²) in [4.78, 5) is 0. The van der Waals surface area contributed by atoms with Crippen molar-refractivity contribution in [3.05, 3.63) is 95.0 Å². The highest BCUT2D eigenvalue weighted by Crippen LogP contribution is 2.54. The summed E-state index contributed by atoms with van der Waals surface area (Å²) in [6.07, 6.45) is 10.7. The number of hydrogen-bond donors (Lipinski definition) is 1. The molecule has 0 radical (unpaired) electrons. The number of aromatic nitrogens is 1. The van der Waals surface area contributed by atoms with E-state index in [1.165, 1.54) is 44.5 Å². The molecule has 3 aromatic rings. The summed E-state index contributed by atoms with van der Waals surface area (Å²) in [5.41, 5.74) is 9.96. The zero-order valence-corrected chi connectivity index (χ0v) is 27.4. The second kappa shape index (κ2) is 12.8. The van der Waals surface area contributed by atoms with Crippen molar-refractivity contribution in [2.75, 3.05) is 0 Å². The van der Waals surface area contributed by atoms with Gasteiger partial charge in [0.15, 0.2) is 0 Å². The molecule has 0 aliphatic heterocycles. The van der Waals surface area contributed by atoms with Gasteiger partial charge in [0.25, 0.3) is 0 Å².